The van der Waals surface area contributed by atoms with Crippen LogP contribution in [0.15, 0.2) is 18.2 Å². The minimum absolute atomic E-state index is 0.112. The van der Waals surface area contributed by atoms with Crippen molar-refractivity contribution in [3.05, 3.63) is 29.6 Å². The summed E-state index contributed by atoms with van der Waals surface area (Å²) in [5.41, 5.74) is 0.844. The van der Waals surface area contributed by atoms with Gasteiger partial charge in [-0.25, -0.2) is 4.39 Å². The van der Waals surface area contributed by atoms with Crippen molar-refractivity contribution in [2.45, 2.75) is 40.2 Å². The van der Waals surface area contributed by atoms with Crippen LogP contribution in [-0.2, 0) is 0 Å². The molecule has 0 fully saturated rings. The largest absolute Gasteiger partial charge is 0.489 e. The van der Waals surface area contributed by atoms with E-state index < -0.39 is 0 Å². The molecule has 0 aliphatic heterocycles. The smallest absolute Gasteiger partial charge is 0.123 e. The molecule has 1 aromatic carbocycles. The molecule has 0 aliphatic carbocycles. The summed E-state index contributed by atoms with van der Waals surface area (Å²) >= 11 is 0. The topological polar surface area (TPSA) is 21.3 Å². The summed E-state index contributed by atoms with van der Waals surface area (Å²) < 4.78 is 19.0. The third-order valence-corrected chi connectivity index (χ3v) is 2.93. The molecule has 102 valence electrons. The van der Waals surface area contributed by atoms with Crippen LogP contribution in [0, 0.1) is 18.7 Å². The van der Waals surface area contributed by atoms with Gasteiger partial charge in [0.2, 0.25) is 0 Å². The number of benzene rings is 1. The average Bonchev–Trinajstić information content (AvgIpc) is 2.30. The second kappa shape index (κ2) is 7.37. The van der Waals surface area contributed by atoms with Crippen LogP contribution < -0.4 is 10.1 Å². The maximum atomic E-state index is 13.0. The predicted octanol–water partition coefficient (Wildman–Crippen LogP) is 3.54. The van der Waals surface area contributed by atoms with Crippen molar-refractivity contribution >= 4 is 0 Å². The zero-order chi connectivity index (χ0) is 13.5. The number of rotatable bonds is 7. The lowest BCUT2D eigenvalue weighted by atomic mass is 10.1. The van der Waals surface area contributed by atoms with E-state index in [1.54, 1.807) is 6.07 Å². The highest BCUT2D eigenvalue weighted by molar-refractivity contribution is 5.32. The van der Waals surface area contributed by atoms with Gasteiger partial charge in [-0.1, -0.05) is 20.8 Å². The Hall–Kier alpha value is -1.09. The molecule has 2 nitrogen and oxygen atoms in total. The summed E-state index contributed by atoms with van der Waals surface area (Å²) in [6.07, 6.45) is 1.22. The summed E-state index contributed by atoms with van der Waals surface area (Å²) in [7, 11) is 0. The van der Waals surface area contributed by atoms with Crippen molar-refractivity contribution in [3.63, 3.8) is 0 Å². The molecule has 0 spiro atoms. The summed E-state index contributed by atoms with van der Waals surface area (Å²) in [6.45, 7) is 10.1. The number of ether oxygens (including phenoxy) is 1. The fraction of sp³-hybridized carbons (Fsp3) is 0.600. The third-order valence-electron chi connectivity index (χ3n) is 2.93. The summed E-state index contributed by atoms with van der Waals surface area (Å²) in [5.74, 6) is 0.970. The minimum atomic E-state index is -0.218. The van der Waals surface area contributed by atoms with E-state index in [0.29, 0.717) is 5.92 Å². The van der Waals surface area contributed by atoms with Crippen molar-refractivity contribution in [1.29, 1.82) is 0 Å². The Kier molecular flexibility index (Phi) is 6.13. The number of aryl methyl sites for hydroxylation is 1. The highest BCUT2D eigenvalue weighted by atomic mass is 19.1. The van der Waals surface area contributed by atoms with Crippen LogP contribution in [0.2, 0.25) is 0 Å². The van der Waals surface area contributed by atoms with Crippen molar-refractivity contribution < 1.29 is 9.13 Å². The van der Waals surface area contributed by atoms with Crippen molar-refractivity contribution in [2.75, 3.05) is 13.1 Å². The van der Waals surface area contributed by atoms with Crippen molar-refractivity contribution in [3.8, 4) is 5.75 Å². The second-order valence-electron chi connectivity index (χ2n) is 5.01. The Labute approximate surface area is 110 Å². The molecule has 0 bridgehead atoms. The van der Waals surface area contributed by atoms with Crippen LogP contribution in [0.1, 0.15) is 32.8 Å². The molecule has 1 aromatic rings. The van der Waals surface area contributed by atoms with E-state index in [-0.39, 0.29) is 11.9 Å². The summed E-state index contributed by atoms with van der Waals surface area (Å²) in [4.78, 5) is 0. The molecule has 0 aliphatic rings. The van der Waals surface area contributed by atoms with Crippen LogP contribution in [0.4, 0.5) is 4.39 Å². The third kappa shape index (κ3) is 4.65. The normalized spacial score (nSPS) is 12.8. The molecule has 18 heavy (non-hydrogen) atoms. The molecule has 0 amide bonds. The fourth-order valence-electron chi connectivity index (χ4n) is 1.74. The number of nitrogens with one attached hydrogen (secondary N) is 1. The monoisotopic (exact) mass is 253 g/mol. The molecular weight excluding hydrogens is 229 g/mol. The molecule has 1 atom stereocenters. The molecule has 0 aromatic heterocycles. The fourth-order valence-corrected chi connectivity index (χ4v) is 1.74. The first-order valence-electron chi connectivity index (χ1n) is 6.68. The molecule has 1 rings (SSSR count). The Bertz CT molecular complexity index is 366. The van der Waals surface area contributed by atoms with Crippen LogP contribution in [0.3, 0.4) is 0 Å². The Morgan fingerprint density at radius 3 is 2.61 bits per heavy atom. The van der Waals surface area contributed by atoms with E-state index in [2.05, 4.69) is 26.1 Å². The van der Waals surface area contributed by atoms with E-state index in [1.165, 1.54) is 12.1 Å². The lowest BCUT2D eigenvalue weighted by Gasteiger charge is -2.24. The van der Waals surface area contributed by atoms with E-state index in [0.717, 1.165) is 30.8 Å². The predicted molar refractivity (Wildman–Crippen MR) is 73.6 cm³/mol. The molecular formula is C15H24FNO. The summed E-state index contributed by atoms with van der Waals surface area (Å²) in [6, 6.07) is 4.66. The highest BCUT2D eigenvalue weighted by Gasteiger charge is 2.15. The van der Waals surface area contributed by atoms with Crippen LogP contribution in [0.5, 0.6) is 5.75 Å². The number of halogens is 1. The average molecular weight is 253 g/mol. The Balaban J connectivity index is 2.64. The SMILES string of the molecule is CCCNCC(Oc1ccc(F)cc1C)C(C)C. The van der Waals surface area contributed by atoms with Gasteiger partial charge in [-0.2, -0.15) is 0 Å². The van der Waals surface area contributed by atoms with Gasteiger partial charge >= 0.3 is 0 Å². The first-order chi connectivity index (χ1) is 8.54. The van der Waals surface area contributed by atoms with E-state index >= 15 is 0 Å². The van der Waals surface area contributed by atoms with Gasteiger partial charge in [-0.3, -0.25) is 0 Å². The van der Waals surface area contributed by atoms with Gasteiger partial charge < -0.3 is 10.1 Å². The molecule has 0 radical (unpaired) electrons. The Morgan fingerprint density at radius 2 is 2.06 bits per heavy atom. The molecule has 0 saturated heterocycles. The molecule has 1 N–H and O–H groups in total. The zero-order valence-corrected chi connectivity index (χ0v) is 11.8. The number of hydrogen-bond acceptors (Lipinski definition) is 2. The zero-order valence-electron chi connectivity index (χ0n) is 11.8. The first-order valence-corrected chi connectivity index (χ1v) is 6.68. The molecule has 1 unspecified atom stereocenters. The number of hydrogen-bond donors (Lipinski definition) is 1. The van der Waals surface area contributed by atoms with Crippen LogP contribution in [0.25, 0.3) is 0 Å². The van der Waals surface area contributed by atoms with Crippen LogP contribution in [-0.4, -0.2) is 19.2 Å². The molecule has 3 heteroatoms. The lowest BCUT2D eigenvalue weighted by molar-refractivity contribution is 0.148. The molecule has 0 heterocycles. The standard InChI is InChI=1S/C15H24FNO/c1-5-8-17-10-15(11(2)3)18-14-7-6-13(16)9-12(14)4/h6-7,9,11,15,17H,5,8,10H2,1-4H3. The van der Waals surface area contributed by atoms with E-state index in [4.69, 9.17) is 4.74 Å². The quantitative estimate of drug-likeness (QED) is 0.750. The summed E-state index contributed by atoms with van der Waals surface area (Å²) in [5, 5.41) is 3.37. The van der Waals surface area contributed by atoms with Gasteiger partial charge in [-0.05, 0) is 49.6 Å². The highest BCUT2D eigenvalue weighted by Crippen LogP contribution is 2.21. The Morgan fingerprint density at radius 1 is 1.33 bits per heavy atom. The van der Waals surface area contributed by atoms with Gasteiger partial charge in [0.25, 0.3) is 0 Å². The maximum absolute atomic E-state index is 13.0. The van der Waals surface area contributed by atoms with Gasteiger partial charge in [0, 0.05) is 6.54 Å². The maximum Gasteiger partial charge on any atom is 0.123 e. The minimum Gasteiger partial charge on any atom is -0.489 e. The first kappa shape index (κ1) is 15.0. The van der Waals surface area contributed by atoms with Crippen molar-refractivity contribution in [2.24, 2.45) is 5.92 Å². The second-order valence-corrected chi connectivity index (χ2v) is 5.01. The van der Waals surface area contributed by atoms with E-state index in [1.807, 2.05) is 6.92 Å². The lowest BCUT2D eigenvalue weighted by Crippen LogP contribution is -2.35. The van der Waals surface area contributed by atoms with Gasteiger partial charge in [0.05, 0.1) is 0 Å². The van der Waals surface area contributed by atoms with E-state index in [9.17, 15) is 4.39 Å². The molecule has 0 saturated carbocycles. The van der Waals surface area contributed by atoms with Gasteiger partial charge in [0.1, 0.15) is 17.7 Å². The van der Waals surface area contributed by atoms with Crippen LogP contribution >= 0.6 is 0 Å². The van der Waals surface area contributed by atoms with Gasteiger partial charge in [-0.15, -0.1) is 0 Å². The van der Waals surface area contributed by atoms with Crippen molar-refractivity contribution in [1.82, 2.24) is 5.32 Å². The van der Waals surface area contributed by atoms with Gasteiger partial charge in [0.15, 0.2) is 0 Å².